The maximum atomic E-state index is 12.6. The van der Waals surface area contributed by atoms with E-state index in [1.807, 2.05) is 43.3 Å². The number of hydrogen-bond acceptors (Lipinski definition) is 5. The minimum atomic E-state index is -0.322. The summed E-state index contributed by atoms with van der Waals surface area (Å²) in [6.45, 7) is 1.86. The van der Waals surface area contributed by atoms with Crippen LogP contribution in [0.25, 0.3) is 5.69 Å². The highest BCUT2D eigenvalue weighted by Crippen LogP contribution is 2.27. The zero-order chi connectivity index (χ0) is 17.9. The Hall–Kier alpha value is -2.67. The largest absolute Gasteiger partial charge is 0.325 e. The van der Waals surface area contributed by atoms with Crippen LogP contribution in [0.4, 0.5) is 5.69 Å². The number of carbonyl (C=O) groups is 1. The number of tetrazole rings is 1. The van der Waals surface area contributed by atoms with Gasteiger partial charge in [0.05, 0.1) is 10.9 Å². The number of aromatic nitrogens is 4. The van der Waals surface area contributed by atoms with Crippen molar-refractivity contribution in [1.82, 2.24) is 20.2 Å². The standard InChI is InChI=1S/C19H19N5OS/c1-13(18(25)20-16-11-10-14-6-5-7-15(14)12-16)26-19-21-22-23-24(19)17-8-3-2-4-9-17/h2-4,8-13H,5-7H2,1H3,(H,20,25)/t13-/m1/s1. The van der Waals surface area contributed by atoms with Crippen LogP contribution in [0.3, 0.4) is 0 Å². The highest BCUT2D eigenvalue weighted by molar-refractivity contribution is 8.00. The van der Waals surface area contributed by atoms with Gasteiger partial charge in [0.2, 0.25) is 11.1 Å². The van der Waals surface area contributed by atoms with Gasteiger partial charge in [-0.1, -0.05) is 36.0 Å². The zero-order valence-electron chi connectivity index (χ0n) is 14.4. The van der Waals surface area contributed by atoms with Crippen molar-refractivity contribution < 1.29 is 4.79 Å². The molecule has 0 spiro atoms. The molecule has 4 rings (SSSR count). The van der Waals surface area contributed by atoms with Gasteiger partial charge in [-0.3, -0.25) is 4.79 Å². The smallest absolute Gasteiger partial charge is 0.237 e. The van der Waals surface area contributed by atoms with Gasteiger partial charge in [0.25, 0.3) is 0 Å². The van der Waals surface area contributed by atoms with Gasteiger partial charge >= 0.3 is 0 Å². The lowest BCUT2D eigenvalue weighted by atomic mass is 10.1. The number of aryl methyl sites for hydroxylation is 2. The van der Waals surface area contributed by atoms with E-state index < -0.39 is 0 Å². The van der Waals surface area contributed by atoms with E-state index in [-0.39, 0.29) is 11.2 Å². The minimum absolute atomic E-state index is 0.0597. The molecule has 1 N–H and O–H groups in total. The second-order valence-electron chi connectivity index (χ2n) is 6.30. The average Bonchev–Trinajstić information content (AvgIpc) is 3.31. The van der Waals surface area contributed by atoms with E-state index >= 15 is 0 Å². The molecule has 6 nitrogen and oxygen atoms in total. The van der Waals surface area contributed by atoms with Crippen LogP contribution < -0.4 is 5.32 Å². The van der Waals surface area contributed by atoms with Crippen molar-refractivity contribution in [1.29, 1.82) is 0 Å². The van der Waals surface area contributed by atoms with E-state index in [1.54, 1.807) is 4.68 Å². The second kappa shape index (κ2) is 7.29. The van der Waals surface area contributed by atoms with Crippen LogP contribution in [0.1, 0.15) is 24.5 Å². The summed E-state index contributed by atoms with van der Waals surface area (Å²) in [6, 6.07) is 15.8. The molecule has 132 valence electrons. The van der Waals surface area contributed by atoms with E-state index in [1.165, 1.54) is 29.3 Å². The summed E-state index contributed by atoms with van der Waals surface area (Å²) in [7, 11) is 0. The fourth-order valence-electron chi connectivity index (χ4n) is 3.09. The summed E-state index contributed by atoms with van der Waals surface area (Å²) in [4.78, 5) is 12.6. The number of nitrogens with one attached hydrogen (secondary N) is 1. The summed E-state index contributed by atoms with van der Waals surface area (Å²) in [5.74, 6) is -0.0597. The van der Waals surface area contributed by atoms with Crippen LogP contribution >= 0.6 is 11.8 Å². The van der Waals surface area contributed by atoms with Gasteiger partial charge in [-0.25, -0.2) is 0 Å². The molecule has 7 heteroatoms. The number of rotatable bonds is 5. The second-order valence-corrected chi connectivity index (χ2v) is 7.60. The van der Waals surface area contributed by atoms with Gasteiger partial charge in [0.15, 0.2) is 0 Å². The monoisotopic (exact) mass is 365 g/mol. The number of nitrogens with zero attached hydrogens (tertiary/aromatic N) is 4. The van der Waals surface area contributed by atoms with Gasteiger partial charge < -0.3 is 5.32 Å². The summed E-state index contributed by atoms with van der Waals surface area (Å²) in [5.41, 5.74) is 4.46. The first-order chi connectivity index (χ1) is 12.7. The molecule has 0 unspecified atom stereocenters. The number of anilines is 1. The first-order valence-electron chi connectivity index (χ1n) is 8.64. The fraction of sp³-hybridized carbons (Fsp3) is 0.263. The quantitative estimate of drug-likeness (QED) is 0.703. The molecule has 26 heavy (non-hydrogen) atoms. The molecule has 1 aromatic heterocycles. The summed E-state index contributed by atoms with van der Waals surface area (Å²) in [6.07, 6.45) is 3.42. The Kier molecular flexibility index (Phi) is 4.71. The molecule has 2 aromatic carbocycles. The molecule has 0 saturated heterocycles. The minimum Gasteiger partial charge on any atom is -0.325 e. The van der Waals surface area contributed by atoms with Crippen LogP contribution in [0.5, 0.6) is 0 Å². The molecule has 1 heterocycles. The maximum Gasteiger partial charge on any atom is 0.237 e. The average molecular weight is 365 g/mol. The van der Waals surface area contributed by atoms with Crippen LogP contribution in [-0.4, -0.2) is 31.4 Å². The van der Waals surface area contributed by atoms with Crippen molar-refractivity contribution in [3.05, 3.63) is 59.7 Å². The Morgan fingerprint density at radius 3 is 2.81 bits per heavy atom. The Bertz CT molecular complexity index is 925. The molecular formula is C19H19N5OS. The van der Waals surface area contributed by atoms with E-state index in [4.69, 9.17) is 0 Å². The van der Waals surface area contributed by atoms with Crippen molar-refractivity contribution in [2.24, 2.45) is 0 Å². The molecule has 0 saturated carbocycles. The first kappa shape index (κ1) is 16.8. The molecule has 1 atom stereocenters. The van der Waals surface area contributed by atoms with Gasteiger partial charge in [-0.15, -0.1) is 5.10 Å². The molecule has 0 radical (unpaired) electrons. The highest BCUT2D eigenvalue weighted by atomic mass is 32.2. The molecule has 3 aromatic rings. The van der Waals surface area contributed by atoms with Crippen LogP contribution in [-0.2, 0) is 17.6 Å². The fourth-order valence-corrected chi connectivity index (χ4v) is 3.90. The molecule has 0 bridgehead atoms. The molecule has 1 aliphatic rings. The highest BCUT2D eigenvalue weighted by Gasteiger charge is 2.20. The molecule has 1 amide bonds. The van der Waals surface area contributed by atoms with Crippen molar-refractivity contribution in [3.8, 4) is 5.69 Å². The van der Waals surface area contributed by atoms with Crippen LogP contribution in [0.15, 0.2) is 53.7 Å². The number of para-hydroxylation sites is 1. The van der Waals surface area contributed by atoms with Crippen LogP contribution in [0.2, 0.25) is 0 Å². The Morgan fingerprint density at radius 2 is 1.96 bits per heavy atom. The summed E-state index contributed by atoms with van der Waals surface area (Å²) in [5, 5.41) is 15.1. The first-order valence-corrected chi connectivity index (χ1v) is 9.52. The Morgan fingerprint density at radius 1 is 1.15 bits per heavy atom. The van der Waals surface area contributed by atoms with E-state index in [0.717, 1.165) is 24.2 Å². The predicted molar refractivity (Wildman–Crippen MR) is 102 cm³/mol. The van der Waals surface area contributed by atoms with Gasteiger partial charge in [0, 0.05) is 5.69 Å². The number of amides is 1. The third-order valence-corrected chi connectivity index (χ3v) is 5.49. The van der Waals surface area contributed by atoms with E-state index in [2.05, 4.69) is 33.0 Å². The number of hydrogen-bond donors (Lipinski definition) is 1. The molecular weight excluding hydrogens is 346 g/mol. The lowest BCUT2D eigenvalue weighted by molar-refractivity contribution is -0.115. The van der Waals surface area contributed by atoms with E-state index in [9.17, 15) is 4.79 Å². The van der Waals surface area contributed by atoms with Crippen LogP contribution in [0, 0.1) is 0 Å². The Labute approximate surface area is 156 Å². The predicted octanol–water partition coefficient (Wildman–Crippen LogP) is 3.27. The normalized spacial score (nSPS) is 14.0. The zero-order valence-corrected chi connectivity index (χ0v) is 15.2. The van der Waals surface area contributed by atoms with Gasteiger partial charge in [-0.2, -0.15) is 4.68 Å². The molecule has 0 aliphatic heterocycles. The number of thioether (sulfide) groups is 1. The van der Waals surface area contributed by atoms with Crippen molar-refractivity contribution in [3.63, 3.8) is 0 Å². The van der Waals surface area contributed by atoms with Crippen molar-refractivity contribution in [2.45, 2.75) is 36.6 Å². The third kappa shape index (κ3) is 3.48. The number of carbonyl (C=O) groups excluding carboxylic acids is 1. The lowest BCUT2D eigenvalue weighted by Gasteiger charge is -2.12. The third-order valence-electron chi connectivity index (χ3n) is 4.46. The topological polar surface area (TPSA) is 72.7 Å². The van der Waals surface area contributed by atoms with Gasteiger partial charge in [0.1, 0.15) is 0 Å². The van der Waals surface area contributed by atoms with Crippen molar-refractivity contribution in [2.75, 3.05) is 5.32 Å². The SMILES string of the molecule is C[C@@H](Sc1nnnn1-c1ccccc1)C(=O)Nc1ccc2c(c1)CCC2. The lowest BCUT2D eigenvalue weighted by Crippen LogP contribution is -2.23. The number of benzene rings is 2. The Balaban J connectivity index is 1.45. The molecule has 0 fully saturated rings. The van der Waals surface area contributed by atoms with E-state index in [0.29, 0.717) is 5.16 Å². The maximum absolute atomic E-state index is 12.6. The molecule has 1 aliphatic carbocycles. The number of fused-ring (bicyclic) bond motifs is 1. The van der Waals surface area contributed by atoms with Gasteiger partial charge in [-0.05, 0) is 72.0 Å². The summed E-state index contributed by atoms with van der Waals surface area (Å²) >= 11 is 1.34. The summed E-state index contributed by atoms with van der Waals surface area (Å²) < 4.78 is 1.64. The van der Waals surface area contributed by atoms with Crippen molar-refractivity contribution >= 4 is 23.4 Å².